The van der Waals surface area contributed by atoms with Crippen LogP contribution in [-0.4, -0.2) is 36.8 Å². The third kappa shape index (κ3) is 3.18. The molecule has 2 aromatic heterocycles. The van der Waals surface area contributed by atoms with Gasteiger partial charge in [-0.05, 0) is 30.5 Å². The van der Waals surface area contributed by atoms with Crippen LogP contribution < -0.4 is 11.1 Å². The maximum atomic E-state index is 9.91. The number of aliphatic hydroxyl groups is 1. The lowest BCUT2D eigenvalue weighted by atomic mass is 10.2. The molecule has 0 saturated heterocycles. The average molecular weight is 359 g/mol. The van der Waals surface area contributed by atoms with Gasteiger partial charge in [0.05, 0.1) is 12.4 Å². The van der Waals surface area contributed by atoms with E-state index in [-0.39, 0.29) is 12.1 Å². The lowest BCUT2D eigenvalue weighted by Gasteiger charge is -2.12. The fourth-order valence-corrected chi connectivity index (χ4v) is 3.41. The molecule has 1 fully saturated rings. The molecule has 8 heteroatoms. The lowest BCUT2D eigenvalue weighted by Crippen LogP contribution is -2.28. The molecule has 1 aromatic carbocycles. The maximum Gasteiger partial charge on any atom is 0.165 e. The van der Waals surface area contributed by atoms with E-state index in [2.05, 4.69) is 20.3 Å². The van der Waals surface area contributed by atoms with E-state index >= 15 is 0 Å². The van der Waals surface area contributed by atoms with Crippen LogP contribution in [-0.2, 0) is 6.54 Å². The minimum atomic E-state index is -0.480. The standard InChI is InChI=1S/C17H19ClN6O/c18-11-3-1-10(2-4-11)7-20-16-15-17(22-8-21-16)24(9-23-15)12-5-13(19)14(25)6-12/h1-4,8-9,12-14,25H,5-7,19H2,(H,20,21,22)/t12-,13+,14+/m1/s1. The third-order valence-corrected chi connectivity index (χ3v) is 4.93. The Kier molecular flexibility index (Phi) is 4.29. The molecular weight excluding hydrogens is 340 g/mol. The van der Waals surface area contributed by atoms with Crippen molar-refractivity contribution in [1.82, 2.24) is 19.5 Å². The first-order valence-corrected chi connectivity index (χ1v) is 8.59. The summed E-state index contributed by atoms with van der Waals surface area (Å²) >= 11 is 5.91. The Morgan fingerprint density at radius 1 is 1.20 bits per heavy atom. The van der Waals surface area contributed by atoms with Crippen LogP contribution in [0.2, 0.25) is 5.02 Å². The number of fused-ring (bicyclic) bond motifs is 1. The van der Waals surface area contributed by atoms with Crippen LogP contribution in [0, 0.1) is 0 Å². The zero-order valence-electron chi connectivity index (χ0n) is 13.5. The summed E-state index contributed by atoms with van der Waals surface area (Å²) in [5, 5.41) is 13.9. The van der Waals surface area contributed by atoms with Crippen molar-refractivity contribution in [3.8, 4) is 0 Å². The van der Waals surface area contributed by atoms with Crippen molar-refractivity contribution in [3.05, 3.63) is 47.5 Å². The molecule has 2 heterocycles. The Morgan fingerprint density at radius 2 is 2.00 bits per heavy atom. The summed E-state index contributed by atoms with van der Waals surface area (Å²) in [5.74, 6) is 0.682. The number of nitrogens with two attached hydrogens (primary N) is 1. The summed E-state index contributed by atoms with van der Waals surface area (Å²) in [6.07, 6.45) is 4.12. The van der Waals surface area contributed by atoms with Gasteiger partial charge in [-0.3, -0.25) is 0 Å². The predicted molar refractivity (Wildman–Crippen MR) is 96.4 cm³/mol. The number of imidazole rings is 1. The van der Waals surface area contributed by atoms with E-state index in [1.54, 1.807) is 6.33 Å². The molecule has 0 aliphatic heterocycles. The van der Waals surface area contributed by atoms with Crippen molar-refractivity contribution < 1.29 is 5.11 Å². The number of anilines is 1. The highest BCUT2D eigenvalue weighted by molar-refractivity contribution is 6.30. The van der Waals surface area contributed by atoms with Crippen molar-refractivity contribution in [2.45, 2.75) is 37.6 Å². The molecule has 25 heavy (non-hydrogen) atoms. The molecule has 3 atom stereocenters. The number of halogens is 1. The minimum Gasteiger partial charge on any atom is -0.391 e. The van der Waals surface area contributed by atoms with Crippen molar-refractivity contribution >= 4 is 28.6 Å². The summed E-state index contributed by atoms with van der Waals surface area (Å²) in [7, 11) is 0. The molecule has 1 aliphatic carbocycles. The van der Waals surface area contributed by atoms with Crippen LogP contribution in [0.3, 0.4) is 0 Å². The highest BCUT2D eigenvalue weighted by atomic mass is 35.5. The van der Waals surface area contributed by atoms with E-state index in [4.69, 9.17) is 17.3 Å². The number of aromatic nitrogens is 4. The average Bonchev–Trinajstić information content (AvgIpc) is 3.18. The largest absolute Gasteiger partial charge is 0.391 e. The summed E-state index contributed by atoms with van der Waals surface area (Å²) in [4.78, 5) is 13.2. The molecule has 130 valence electrons. The number of nitrogens with zero attached hydrogens (tertiary/aromatic N) is 4. The van der Waals surface area contributed by atoms with Gasteiger partial charge in [0, 0.05) is 23.7 Å². The van der Waals surface area contributed by atoms with Gasteiger partial charge < -0.3 is 20.7 Å². The van der Waals surface area contributed by atoms with Crippen LogP contribution in [0.25, 0.3) is 11.2 Å². The molecule has 4 N–H and O–H groups in total. The van der Waals surface area contributed by atoms with E-state index in [1.807, 2.05) is 28.8 Å². The van der Waals surface area contributed by atoms with Crippen molar-refractivity contribution in [2.75, 3.05) is 5.32 Å². The number of nitrogens with one attached hydrogen (secondary N) is 1. The van der Waals surface area contributed by atoms with Crippen molar-refractivity contribution in [3.63, 3.8) is 0 Å². The highest BCUT2D eigenvalue weighted by Crippen LogP contribution is 2.32. The monoisotopic (exact) mass is 358 g/mol. The molecule has 0 spiro atoms. The third-order valence-electron chi connectivity index (χ3n) is 4.68. The first kappa shape index (κ1) is 16.3. The molecule has 0 unspecified atom stereocenters. The topological polar surface area (TPSA) is 102 Å². The van der Waals surface area contributed by atoms with Crippen LogP contribution in [0.5, 0.6) is 0 Å². The van der Waals surface area contributed by atoms with E-state index in [0.29, 0.717) is 35.7 Å². The number of hydrogen-bond donors (Lipinski definition) is 3. The van der Waals surface area contributed by atoms with Crippen LogP contribution in [0.1, 0.15) is 24.4 Å². The summed E-state index contributed by atoms with van der Waals surface area (Å²) in [6, 6.07) is 7.55. The molecule has 0 radical (unpaired) electrons. The van der Waals surface area contributed by atoms with E-state index in [1.165, 1.54) is 6.33 Å². The molecule has 1 aliphatic rings. The minimum absolute atomic E-state index is 0.106. The number of hydrogen-bond acceptors (Lipinski definition) is 6. The van der Waals surface area contributed by atoms with Crippen LogP contribution in [0.4, 0.5) is 5.82 Å². The smallest absolute Gasteiger partial charge is 0.165 e. The molecule has 4 rings (SSSR count). The normalized spacial score (nSPS) is 23.2. The first-order valence-electron chi connectivity index (χ1n) is 8.21. The molecule has 7 nitrogen and oxygen atoms in total. The highest BCUT2D eigenvalue weighted by Gasteiger charge is 2.32. The molecule has 0 bridgehead atoms. The molecular formula is C17H19ClN6O. The second-order valence-corrected chi connectivity index (χ2v) is 6.82. The Morgan fingerprint density at radius 3 is 2.72 bits per heavy atom. The Bertz CT molecular complexity index is 870. The second kappa shape index (κ2) is 6.59. The van der Waals surface area contributed by atoms with Crippen molar-refractivity contribution in [1.29, 1.82) is 0 Å². The van der Waals surface area contributed by atoms with Gasteiger partial charge >= 0.3 is 0 Å². The summed E-state index contributed by atoms with van der Waals surface area (Å²) < 4.78 is 1.99. The van der Waals surface area contributed by atoms with Gasteiger partial charge in [-0.1, -0.05) is 23.7 Å². The number of benzene rings is 1. The van der Waals surface area contributed by atoms with Gasteiger partial charge in [-0.2, -0.15) is 0 Å². The van der Waals surface area contributed by atoms with Gasteiger partial charge in [-0.15, -0.1) is 0 Å². The quantitative estimate of drug-likeness (QED) is 0.660. The van der Waals surface area contributed by atoms with E-state index < -0.39 is 6.10 Å². The SMILES string of the molecule is N[C@H]1C[C@@H](n2cnc3c(NCc4ccc(Cl)cc4)ncnc32)C[C@@H]1O. The zero-order chi connectivity index (χ0) is 17.4. The maximum absolute atomic E-state index is 9.91. The van der Waals surface area contributed by atoms with E-state index in [0.717, 1.165) is 11.2 Å². The van der Waals surface area contributed by atoms with Gasteiger partial charge in [0.1, 0.15) is 11.8 Å². The van der Waals surface area contributed by atoms with Gasteiger partial charge in [0.2, 0.25) is 0 Å². The fraction of sp³-hybridized carbons (Fsp3) is 0.353. The Labute approximate surface area is 149 Å². The zero-order valence-corrected chi connectivity index (χ0v) is 14.3. The first-order chi connectivity index (χ1) is 12.1. The summed E-state index contributed by atoms with van der Waals surface area (Å²) in [5.41, 5.74) is 8.50. The van der Waals surface area contributed by atoms with Crippen molar-refractivity contribution in [2.24, 2.45) is 5.73 Å². The number of aliphatic hydroxyl groups excluding tert-OH is 1. The predicted octanol–water partition coefficient (Wildman–Crippen LogP) is 2.11. The van der Waals surface area contributed by atoms with E-state index in [9.17, 15) is 5.11 Å². The Balaban J connectivity index is 1.57. The number of rotatable bonds is 4. The van der Waals surface area contributed by atoms with Crippen LogP contribution in [0.15, 0.2) is 36.9 Å². The van der Waals surface area contributed by atoms with Gasteiger partial charge in [-0.25, -0.2) is 15.0 Å². The van der Waals surface area contributed by atoms with Gasteiger partial charge in [0.25, 0.3) is 0 Å². The van der Waals surface area contributed by atoms with Crippen LogP contribution >= 0.6 is 11.6 Å². The molecule has 1 saturated carbocycles. The van der Waals surface area contributed by atoms with Gasteiger partial charge in [0.15, 0.2) is 11.5 Å². The second-order valence-electron chi connectivity index (χ2n) is 6.38. The molecule has 0 amide bonds. The fourth-order valence-electron chi connectivity index (χ4n) is 3.28. The lowest BCUT2D eigenvalue weighted by molar-refractivity contribution is 0.162. The Hall–Kier alpha value is -2.22. The summed E-state index contributed by atoms with van der Waals surface area (Å²) in [6.45, 7) is 0.614. The molecule has 3 aromatic rings.